The number of ether oxygens (including phenoxy) is 1. The molecule has 1 N–H and O–H groups in total. The SMILES string of the molecule is C=CCNC(=O)O/N=C1\SCOC1C. The number of nitrogens with zero attached hydrogens (tertiary/aromatic N) is 1. The van der Waals surface area contributed by atoms with Crippen molar-refractivity contribution in [2.24, 2.45) is 5.16 Å². The van der Waals surface area contributed by atoms with Crippen LogP contribution >= 0.6 is 11.8 Å². The Balaban J connectivity index is 2.30. The summed E-state index contributed by atoms with van der Waals surface area (Å²) >= 11 is 1.42. The summed E-state index contributed by atoms with van der Waals surface area (Å²) in [6.45, 7) is 5.67. The summed E-state index contributed by atoms with van der Waals surface area (Å²) in [4.78, 5) is 15.5. The van der Waals surface area contributed by atoms with Gasteiger partial charge < -0.3 is 10.1 Å². The van der Waals surface area contributed by atoms with Gasteiger partial charge in [-0.2, -0.15) is 0 Å². The highest BCUT2D eigenvalue weighted by molar-refractivity contribution is 8.14. The zero-order valence-electron chi connectivity index (χ0n) is 7.86. The van der Waals surface area contributed by atoms with Gasteiger partial charge >= 0.3 is 6.09 Å². The molecule has 6 heteroatoms. The molecule has 5 nitrogen and oxygen atoms in total. The summed E-state index contributed by atoms with van der Waals surface area (Å²) in [6.07, 6.45) is 0.883. The Bertz CT molecular complexity index is 255. The third kappa shape index (κ3) is 3.39. The maximum Gasteiger partial charge on any atom is 0.433 e. The van der Waals surface area contributed by atoms with Crippen LogP contribution in [0.4, 0.5) is 4.79 Å². The standard InChI is InChI=1S/C8H12N2O3S/c1-3-4-9-8(11)13-10-7-6(2)12-5-14-7/h3,6H,1,4-5H2,2H3,(H,9,11)/b10-7-. The number of carbonyl (C=O) groups excluding carboxylic acids is 1. The maximum absolute atomic E-state index is 10.9. The zero-order chi connectivity index (χ0) is 10.4. The third-order valence-corrected chi connectivity index (χ3v) is 2.44. The van der Waals surface area contributed by atoms with Gasteiger partial charge in [-0.15, -0.1) is 6.58 Å². The summed E-state index contributed by atoms with van der Waals surface area (Å²) in [6, 6.07) is 0. The molecule has 1 atom stereocenters. The topological polar surface area (TPSA) is 59.9 Å². The van der Waals surface area contributed by atoms with E-state index in [1.807, 2.05) is 6.92 Å². The Kier molecular flexibility index (Phi) is 4.48. The molecule has 1 saturated heterocycles. The van der Waals surface area contributed by atoms with Crippen LogP contribution in [0.15, 0.2) is 17.8 Å². The van der Waals surface area contributed by atoms with Crippen molar-refractivity contribution in [1.29, 1.82) is 0 Å². The number of hydrogen-bond acceptors (Lipinski definition) is 5. The van der Waals surface area contributed by atoms with Gasteiger partial charge in [-0.3, -0.25) is 4.84 Å². The Labute approximate surface area is 86.5 Å². The van der Waals surface area contributed by atoms with E-state index in [0.717, 1.165) is 0 Å². The molecule has 0 aliphatic carbocycles. The Morgan fingerprint density at radius 3 is 3.36 bits per heavy atom. The molecule has 0 aromatic carbocycles. The Morgan fingerprint density at radius 2 is 2.79 bits per heavy atom. The first-order chi connectivity index (χ1) is 6.74. The second-order valence-corrected chi connectivity index (χ2v) is 3.49. The first-order valence-corrected chi connectivity index (χ1v) is 5.10. The first kappa shape index (κ1) is 11.1. The molecule has 0 aromatic heterocycles. The van der Waals surface area contributed by atoms with Crippen molar-refractivity contribution < 1.29 is 14.4 Å². The first-order valence-electron chi connectivity index (χ1n) is 4.12. The molecule has 0 spiro atoms. The van der Waals surface area contributed by atoms with Crippen molar-refractivity contribution in [3.05, 3.63) is 12.7 Å². The van der Waals surface area contributed by atoms with Gasteiger partial charge in [0.05, 0.1) is 5.94 Å². The molecular weight excluding hydrogens is 204 g/mol. The highest BCUT2D eigenvalue weighted by Gasteiger charge is 2.20. The van der Waals surface area contributed by atoms with Crippen LogP contribution in [0.3, 0.4) is 0 Å². The van der Waals surface area contributed by atoms with Crippen LogP contribution in [-0.2, 0) is 9.57 Å². The molecule has 0 saturated carbocycles. The van der Waals surface area contributed by atoms with Crippen molar-refractivity contribution in [3.63, 3.8) is 0 Å². The van der Waals surface area contributed by atoms with Crippen molar-refractivity contribution >= 4 is 22.9 Å². The largest absolute Gasteiger partial charge is 0.433 e. The fourth-order valence-electron chi connectivity index (χ4n) is 0.760. The normalized spacial score (nSPS) is 23.5. The fraction of sp³-hybridized carbons (Fsp3) is 0.500. The second-order valence-electron chi connectivity index (χ2n) is 2.55. The summed E-state index contributed by atoms with van der Waals surface area (Å²) in [7, 11) is 0. The van der Waals surface area contributed by atoms with Gasteiger partial charge in [-0.25, -0.2) is 4.79 Å². The van der Waals surface area contributed by atoms with E-state index in [-0.39, 0.29) is 6.10 Å². The molecule has 1 aliphatic heterocycles. The summed E-state index contributed by atoms with van der Waals surface area (Å²) in [5, 5.41) is 6.78. The van der Waals surface area contributed by atoms with E-state index >= 15 is 0 Å². The van der Waals surface area contributed by atoms with E-state index in [4.69, 9.17) is 4.74 Å². The summed E-state index contributed by atoms with van der Waals surface area (Å²) in [5.41, 5.74) is 0. The number of nitrogens with one attached hydrogen (secondary N) is 1. The van der Waals surface area contributed by atoms with Crippen molar-refractivity contribution in [1.82, 2.24) is 5.32 Å². The smallest absolute Gasteiger partial charge is 0.361 e. The lowest BCUT2D eigenvalue weighted by Gasteiger charge is -2.01. The van der Waals surface area contributed by atoms with Crippen LogP contribution in [0.25, 0.3) is 0 Å². The van der Waals surface area contributed by atoms with Gasteiger partial charge in [-0.1, -0.05) is 23.0 Å². The highest BCUT2D eigenvalue weighted by Crippen LogP contribution is 2.19. The lowest BCUT2D eigenvalue weighted by atomic mass is 10.4. The van der Waals surface area contributed by atoms with E-state index in [1.54, 1.807) is 6.08 Å². The van der Waals surface area contributed by atoms with E-state index in [1.165, 1.54) is 11.8 Å². The van der Waals surface area contributed by atoms with Crippen molar-refractivity contribution in [3.8, 4) is 0 Å². The van der Waals surface area contributed by atoms with Crippen molar-refractivity contribution in [2.75, 3.05) is 12.5 Å². The van der Waals surface area contributed by atoms with Gasteiger partial charge in [0.2, 0.25) is 0 Å². The van der Waals surface area contributed by atoms with Crippen LogP contribution in [0.5, 0.6) is 0 Å². The van der Waals surface area contributed by atoms with Crippen molar-refractivity contribution in [2.45, 2.75) is 13.0 Å². The lowest BCUT2D eigenvalue weighted by molar-refractivity contribution is 0.144. The highest BCUT2D eigenvalue weighted by atomic mass is 32.2. The zero-order valence-corrected chi connectivity index (χ0v) is 8.67. The third-order valence-electron chi connectivity index (χ3n) is 1.48. The number of amides is 1. The van der Waals surface area contributed by atoms with Gasteiger partial charge in [0.1, 0.15) is 11.1 Å². The molecule has 0 aromatic rings. The minimum atomic E-state index is -0.586. The lowest BCUT2D eigenvalue weighted by Crippen LogP contribution is -2.23. The minimum Gasteiger partial charge on any atom is -0.361 e. The molecule has 1 fully saturated rings. The number of thioether (sulfide) groups is 1. The number of hydrogen-bond donors (Lipinski definition) is 1. The van der Waals surface area contributed by atoms with E-state index in [9.17, 15) is 4.79 Å². The number of carbonyl (C=O) groups is 1. The quantitative estimate of drug-likeness (QED) is 0.439. The molecule has 1 rings (SSSR count). The van der Waals surface area contributed by atoms with Crippen LogP contribution in [0.2, 0.25) is 0 Å². The van der Waals surface area contributed by atoms with E-state index in [0.29, 0.717) is 17.5 Å². The molecule has 0 bridgehead atoms. The second kappa shape index (κ2) is 5.66. The van der Waals surface area contributed by atoms with E-state index in [2.05, 4.69) is 21.9 Å². The summed E-state index contributed by atoms with van der Waals surface area (Å²) in [5.74, 6) is 0.553. The van der Waals surface area contributed by atoms with E-state index < -0.39 is 6.09 Å². The molecule has 14 heavy (non-hydrogen) atoms. The van der Waals surface area contributed by atoms with Gasteiger partial charge in [0.25, 0.3) is 0 Å². The van der Waals surface area contributed by atoms with Gasteiger partial charge in [0, 0.05) is 6.54 Å². The predicted octanol–water partition coefficient (Wildman–Crippen LogP) is 1.32. The molecule has 78 valence electrons. The van der Waals surface area contributed by atoms with Crippen LogP contribution in [0, 0.1) is 0 Å². The molecule has 1 unspecified atom stereocenters. The average molecular weight is 216 g/mol. The number of rotatable bonds is 3. The molecule has 0 radical (unpaired) electrons. The number of oxime groups is 1. The monoisotopic (exact) mass is 216 g/mol. The van der Waals surface area contributed by atoms with Gasteiger partial charge in [0.15, 0.2) is 0 Å². The maximum atomic E-state index is 10.9. The average Bonchev–Trinajstić information content (AvgIpc) is 2.58. The fourth-order valence-corrected chi connectivity index (χ4v) is 1.55. The Morgan fingerprint density at radius 1 is 2.00 bits per heavy atom. The molecule has 1 amide bonds. The van der Waals surface area contributed by atoms with Gasteiger partial charge in [-0.05, 0) is 6.92 Å². The van der Waals surface area contributed by atoms with Crippen LogP contribution in [-0.4, -0.2) is 29.7 Å². The Hall–Kier alpha value is -1.01. The molecule has 1 aliphatic rings. The molecule has 1 heterocycles. The van der Waals surface area contributed by atoms with Crippen LogP contribution in [0.1, 0.15) is 6.92 Å². The molecular formula is C8H12N2O3S. The minimum absolute atomic E-state index is 0.0906. The predicted molar refractivity (Wildman–Crippen MR) is 55.1 cm³/mol. The summed E-state index contributed by atoms with van der Waals surface area (Å²) < 4.78 is 5.18. The van der Waals surface area contributed by atoms with Crippen LogP contribution < -0.4 is 5.32 Å².